The van der Waals surface area contributed by atoms with Gasteiger partial charge in [0.15, 0.2) is 11.9 Å². The van der Waals surface area contributed by atoms with Crippen LogP contribution in [0.4, 0.5) is 0 Å². The Morgan fingerprint density at radius 1 is 1.11 bits per heavy atom. The molecule has 35 heavy (non-hydrogen) atoms. The molecule has 0 unspecified atom stereocenters. The van der Waals surface area contributed by atoms with Gasteiger partial charge in [0.25, 0.3) is 0 Å². The molecule has 10 heteroatoms. The topological polar surface area (TPSA) is 114 Å². The van der Waals surface area contributed by atoms with Gasteiger partial charge < -0.3 is 14.2 Å². The lowest BCUT2D eigenvalue weighted by molar-refractivity contribution is -0.226. The number of ether oxygens (including phenoxy) is 3. The lowest BCUT2D eigenvalue weighted by atomic mass is 10.0. The number of hydrogen-bond donors (Lipinski definition) is 0. The lowest BCUT2D eigenvalue weighted by Gasteiger charge is -2.45. The summed E-state index contributed by atoms with van der Waals surface area (Å²) in [6.45, 7) is 3.74. The van der Waals surface area contributed by atoms with Crippen molar-refractivity contribution in [3.8, 4) is 0 Å². The van der Waals surface area contributed by atoms with Crippen LogP contribution in [0.1, 0.15) is 31.1 Å². The van der Waals surface area contributed by atoms with Crippen LogP contribution in [-0.4, -0.2) is 53.4 Å². The second-order valence-corrected chi connectivity index (χ2v) is 9.47. The molecular weight excluding hydrogens is 468 g/mol. The van der Waals surface area contributed by atoms with E-state index in [1.54, 1.807) is 20.1 Å². The molecule has 0 N–H and O–H groups in total. The average molecular weight is 495 g/mol. The highest BCUT2D eigenvalue weighted by molar-refractivity contribution is 7.99. The lowest BCUT2D eigenvalue weighted by Crippen LogP contribution is -2.63. The van der Waals surface area contributed by atoms with Gasteiger partial charge in [-0.3, -0.25) is 9.69 Å². The maximum Gasteiger partial charge on any atom is 0.356 e. The largest absolute Gasteiger partial charge is 0.448 e. The molecule has 182 valence electrons. The Morgan fingerprint density at radius 3 is 2.14 bits per heavy atom. The minimum atomic E-state index is -0.903. The van der Waals surface area contributed by atoms with E-state index in [4.69, 9.17) is 19.7 Å². The van der Waals surface area contributed by atoms with Gasteiger partial charge in [-0.2, -0.15) is 0 Å². The van der Waals surface area contributed by atoms with Gasteiger partial charge in [0.1, 0.15) is 17.1 Å². The second-order valence-electron chi connectivity index (χ2n) is 8.52. The van der Waals surface area contributed by atoms with E-state index in [2.05, 4.69) is 10.0 Å². The highest BCUT2D eigenvalue weighted by atomic mass is 32.2. The first kappa shape index (κ1) is 24.8. The van der Waals surface area contributed by atoms with Crippen LogP contribution in [0.3, 0.4) is 0 Å². The van der Waals surface area contributed by atoms with Crippen LogP contribution in [0.5, 0.6) is 0 Å². The maximum absolute atomic E-state index is 13.8. The number of esters is 1. The van der Waals surface area contributed by atoms with E-state index in [9.17, 15) is 9.59 Å². The normalized spacial score (nSPS) is 21.2. The first-order chi connectivity index (χ1) is 16.9. The van der Waals surface area contributed by atoms with Gasteiger partial charge >= 0.3 is 5.97 Å². The number of carbonyl (C=O) groups excluding carboxylic acids is 2. The quantitative estimate of drug-likeness (QED) is 0.139. The molecule has 0 bridgehead atoms. The average Bonchev–Trinajstić information content (AvgIpc) is 2.87. The van der Waals surface area contributed by atoms with Crippen molar-refractivity contribution in [2.24, 2.45) is 5.11 Å². The Kier molecular flexibility index (Phi) is 7.47. The molecule has 2 heterocycles. The molecular formula is C25H26N4O5S. The highest BCUT2D eigenvalue weighted by Crippen LogP contribution is 2.38. The zero-order valence-corrected chi connectivity index (χ0v) is 20.5. The predicted octanol–water partition coefficient (Wildman–Crippen LogP) is 4.57. The van der Waals surface area contributed by atoms with Crippen molar-refractivity contribution in [2.45, 2.75) is 37.2 Å². The van der Waals surface area contributed by atoms with Gasteiger partial charge in [-0.1, -0.05) is 65.8 Å². The number of azide groups is 1. The fourth-order valence-electron chi connectivity index (χ4n) is 3.98. The highest BCUT2D eigenvalue weighted by Gasteiger charge is 2.51. The summed E-state index contributed by atoms with van der Waals surface area (Å²) in [5.41, 5.74) is 11.0. The molecule has 1 amide bonds. The van der Waals surface area contributed by atoms with Gasteiger partial charge in [0, 0.05) is 10.5 Å². The zero-order valence-electron chi connectivity index (χ0n) is 19.7. The van der Waals surface area contributed by atoms with Gasteiger partial charge in [-0.05, 0) is 36.8 Å². The molecule has 4 rings (SSSR count). The Morgan fingerprint density at radius 2 is 1.66 bits per heavy atom. The number of thioether (sulfide) groups is 1. The van der Waals surface area contributed by atoms with Crippen molar-refractivity contribution < 1.29 is 23.8 Å². The van der Waals surface area contributed by atoms with Gasteiger partial charge in [-0.25, -0.2) is 4.79 Å². The minimum absolute atomic E-state index is 0.0612. The van der Waals surface area contributed by atoms with Crippen LogP contribution in [-0.2, 0) is 23.8 Å². The van der Waals surface area contributed by atoms with Crippen LogP contribution in [0.15, 0.2) is 77.0 Å². The Labute approximate surface area is 207 Å². The number of benzene rings is 2. The molecule has 0 aromatic heterocycles. The number of carbonyl (C=O) groups is 2. The molecule has 0 aliphatic carbocycles. The van der Waals surface area contributed by atoms with Crippen LogP contribution in [0.25, 0.3) is 10.4 Å². The molecule has 2 fully saturated rings. The van der Waals surface area contributed by atoms with E-state index in [1.807, 2.05) is 60.7 Å². The third-order valence-electron chi connectivity index (χ3n) is 5.82. The van der Waals surface area contributed by atoms with E-state index in [1.165, 1.54) is 16.7 Å². The summed E-state index contributed by atoms with van der Waals surface area (Å²) in [5, 5.41) is 3.06. The van der Waals surface area contributed by atoms with Crippen molar-refractivity contribution in [3.63, 3.8) is 0 Å². The Bertz CT molecular complexity index is 1110. The van der Waals surface area contributed by atoms with E-state index < -0.39 is 35.2 Å². The Hall–Kier alpha value is -3.30. The van der Waals surface area contributed by atoms with Crippen molar-refractivity contribution in [1.82, 2.24) is 4.90 Å². The summed E-state index contributed by atoms with van der Waals surface area (Å²) in [6, 6.07) is 17.9. The monoisotopic (exact) mass is 494 g/mol. The number of hydrogen-bond acceptors (Lipinski definition) is 7. The van der Waals surface area contributed by atoms with E-state index in [0.29, 0.717) is 5.57 Å². The van der Waals surface area contributed by atoms with Gasteiger partial charge in [0.2, 0.25) is 5.91 Å². The molecule has 2 saturated heterocycles. The van der Waals surface area contributed by atoms with Crippen molar-refractivity contribution in [2.75, 3.05) is 19.5 Å². The van der Waals surface area contributed by atoms with Gasteiger partial charge in [-0.15, -0.1) is 11.8 Å². The molecule has 0 saturated carbocycles. The Balaban J connectivity index is 1.72. The summed E-state index contributed by atoms with van der Waals surface area (Å²) in [4.78, 5) is 30.9. The van der Waals surface area contributed by atoms with Crippen LogP contribution < -0.4 is 0 Å². The molecule has 2 aromatic rings. The van der Waals surface area contributed by atoms with Crippen LogP contribution in [0, 0.1) is 0 Å². The first-order valence-corrected chi connectivity index (χ1v) is 12.4. The van der Waals surface area contributed by atoms with Crippen molar-refractivity contribution >= 4 is 23.6 Å². The smallest absolute Gasteiger partial charge is 0.356 e. The molecule has 2 atom stereocenters. The minimum Gasteiger partial charge on any atom is -0.448 e. The molecule has 0 spiro atoms. The number of β-lactam (4-membered cyclic amide) rings is 1. The molecule has 2 aliphatic heterocycles. The first-order valence-electron chi connectivity index (χ1n) is 11.1. The summed E-state index contributed by atoms with van der Waals surface area (Å²) < 4.78 is 17.6. The summed E-state index contributed by atoms with van der Waals surface area (Å²) in [7, 11) is 0. The summed E-state index contributed by atoms with van der Waals surface area (Å²) in [5.74, 6) is -1.97. The number of likely N-dealkylation sites (tertiary alicyclic amines) is 1. The SMILES string of the molecule is CS[C@@H]1[C@@H](N=[N+]=[N-])C(=O)N1C(C(=O)OC(c1ccccc1)c1ccccc1)=C1COC(C)(C)OC1. The standard InChI is InChI=1S/C25H26N4O5S/c1-25(2)32-14-18(15-33-25)20(29-22(30)19(27-28-26)23(29)35-3)24(31)34-21(16-10-6-4-7-11-16)17-12-8-5-9-13-17/h4-13,19,21,23H,14-15H2,1-3H3/t19-,23+/m0/s1. The predicted molar refractivity (Wildman–Crippen MR) is 131 cm³/mol. The van der Waals surface area contributed by atoms with Crippen molar-refractivity contribution in [3.05, 3.63) is 93.5 Å². The van der Waals surface area contributed by atoms with Crippen molar-refractivity contribution in [1.29, 1.82) is 0 Å². The van der Waals surface area contributed by atoms with Crippen LogP contribution in [0.2, 0.25) is 0 Å². The summed E-state index contributed by atoms with van der Waals surface area (Å²) >= 11 is 1.31. The second kappa shape index (κ2) is 10.5. The fraction of sp³-hybridized carbons (Fsp3) is 0.360. The van der Waals surface area contributed by atoms with E-state index >= 15 is 0 Å². The van der Waals surface area contributed by atoms with E-state index in [0.717, 1.165) is 11.1 Å². The molecule has 2 aromatic carbocycles. The van der Waals surface area contributed by atoms with E-state index in [-0.39, 0.29) is 18.9 Å². The molecule has 2 aliphatic rings. The third-order valence-corrected chi connectivity index (χ3v) is 6.77. The number of amides is 1. The number of nitrogens with zero attached hydrogens (tertiary/aromatic N) is 4. The maximum atomic E-state index is 13.8. The molecule has 9 nitrogen and oxygen atoms in total. The van der Waals surface area contributed by atoms with Crippen LogP contribution >= 0.6 is 11.8 Å². The zero-order chi connectivity index (χ0) is 25.0. The summed E-state index contributed by atoms with van der Waals surface area (Å²) in [6.07, 6.45) is 1.09. The number of rotatable bonds is 7. The molecule has 0 radical (unpaired) electrons. The fourth-order valence-corrected chi connectivity index (χ4v) is 4.83. The van der Waals surface area contributed by atoms with Gasteiger partial charge in [0.05, 0.1) is 13.2 Å². The third kappa shape index (κ3) is 5.21.